The first kappa shape index (κ1) is 23.9. The molecular weight excluding hydrogens is 426 g/mol. The molecule has 2 aromatic carbocycles. The highest BCUT2D eigenvalue weighted by Gasteiger charge is 2.15. The van der Waals surface area contributed by atoms with Gasteiger partial charge in [-0.05, 0) is 48.0 Å². The molecule has 0 amide bonds. The molecule has 9 nitrogen and oxygen atoms in total. The number of carbonyl (C=O) groups is 2. The fourth-order valence-electron chi connectivity index (χ4n) is 2.64. The molecule has 0 saturated carbocycles. The number of benzene rings is 2. The number of carboxylic acid groups (broad SMARTS) is 1. The van der Waals surface area contributed by atoms with Gasteiger partial charge in [0, 0.05) is 12.1 Å². The molecule has 0 unspecified atom stereocenters. The molecule has 0 fully saturated rings. The summed E-state index contributed by atoms with van der Waals surface area (Å²) in [5.74, 6) is -0.126. The maximum absolute atomic E-state index is 12.5. The average molecular weight is 449 g/mol. The molecule has 0 radical (unpaired) electrons. The summed E-state index contributed by atoms with van der Waals surface area (Å²) in [4.78, 5) is 22.9. The van der Waals surface area contributed by atoms with Crippen molar-refractivity contribution < 1.29 is 37.3 Å². The molecule has 31 heavy (non-hydrogen) atoms. The first-order chi connectivity index (χ1) is 14.7. The molecule has 0 heterocycles. The maximum Gasteiger partial charge on any atom is 0.304 e. The van der Waals surface area contributed by atoms with E-state index in [-0.39, 0.29) is 29.2 Å². The van der Waals surface area contributed by atoms with Crippen LogP contribution in [0.25, 0.3) is 6.08 Å². The van der Waals surface area contributed by atoms with Crippen LogP contribution in [-0.4, -0.2) is 53.2 Å². The Labute approximate surface area is 180 Å². The van der Waals surface area contributed by atoms with Crippen molar-refractivity contribution in [3.63, 3.8) is 0 Å². The summed E-state index contributed by atoms with van der Waals surface area (Å²) in [6.45, 7) is -0.226. The van der Waals surface area contributed by atoms with Gasteiger partial charge in [-0.25, -0.2) is 13.1 Å². The van der Waals surface area contributed by atoms with E-state index in [1.54, 1.807) is 18.2 Å². The van der Waals surface area contributed by atoms with Crippen molar-refractivity contribution in [2.24, 2.45) is 0 Å². The highest BCUT2D eigenvalue weighted by molar-refractivity contribution is 7.89. The molecule has 2 aromatic rings. The molecule has 0 aromatic heterocycles. The van der Waals surface area contributed by atoms with Gasteiger partial charge in [-0.2, -0.15) is 0 Å². The summed E-state index contributed by atoms with van der Waals surface area (Å²) in [5, 5.41) is 8.60. The lowest BCUT2D eigenvalue weighted by Gasteiger charge is -2.12. The van der Waals surface area contributed by atoms with E-state index in [9.17, 15) is 18.0 Å². The molecule has 0 bridgehead atoms. The summed E-state index contributed by atoms with van der Waals surface area (Å²) in [6.07, 6.45) is 2.59. The quantitative estimate of drug-likeness (QED) is 0.395. The van der Waals surface area contributed by atoms with Crippen molar-refractivity contribution in [3.05, 3.63) is 53.6 Å². The van der Waals surface area contributed by atoms with Crippen LogP contribution in [-0.2, 0) is 14.8 Å². The molecule has 0 saturated heterocycles. The van der Waals surface area contributed by atoms with E-state index in [1.807, 2.05) is 0 Å². The number of carbonyl (C=O) groups excluding carboxylic acids is 1. The van der Waals surface area contributed by atoms with E-state index in [1.165, 1.54) is 51.7 Å². The number of methoxy groups -OCH3 is 3. The van der Waals surface area contributed by atoms with Gasteiger partial charge in [-0.3, -0.25) is 9.59 Å². The predicted octanol–water partition coefficient (Wildman–Crippen LogP) is 2.36. The summed E-state index contributed by atoms with van der Waals surface area (Å²) >= 11 is 0. The van der Waals surface area contributed by atoms with E-state index >= 15 is 0 Å². The number of rotatable bonds is 11. The molecule has 2 N–H and O–H groups in total. The number of ether oxygens (including phenoxy) is 3. The summed E-state index contributed by atoms with van der Waals surface area (Å²) in [7, 11) is 0.609. The Bertz CT molecular complexity index is 1050. The average Bonchev–Trinajstić information content (AvgIpc) is 2.76. The molecule has 0 aliphatic carbocycles. The molecular formula is C21H23NO8S. The molecule has 166 valence electrons. The van der Waals surface area contributed by atoms with Gasteiger partial charge in [0.2, 0.25) is 15.8 Å². The SMILES string of the molecule is COc1cc(/C=C/C(=O)c2ccc(S(=O)(=O)NCCC(=O)O)cc2)cc(OC)c1OC. The van der Waals surface area contributed by atoms with Gasteiger partial charge in [-0.15, -0.1) is 0 Å². The maximum atomic E-state index is 12.5. The molecule has 0 atom stereocenters. The van der Waals surface area contributed by atoms with Crippen molar-refractivity contribution >= 4 is 27.9 Å². The van der Waals surface area contributed by atoms with Gasteiger partial charge < -0.3 is 19.3 Å². The van der Waals surface area contributed by atoms with Crippen LogP contribution in [0.15, 0.2) is 47.4 Å². The monoisotopic (exact) mass is 449 g/mol. The minimum Gasteiger partial charge on any atom is -0.493 e. The van der Waals surface area contributed by atoms with E-state index in [4.69, 9.17) is 19.3 Å². The Morgan fingerprint density at radius 3 is 2.06 bits per heavy atom. The second-order valence-corrected chi connectivity index (χ2v) is 7.99. The fourth-order valence-corrected chi connectivity index (χ4v) is 3.67. The van der Waals surface area contributed by atoms with Crippen LogP contribution < -0.4 is 18.9 Å². The highest BCUT2D eigenvalue weighted by atomic mass is 32.2. The van der Waals surface area contributed by atoms with E-state index in [0.29, 0.717) is 22.8 Å². The summed E-state index contributed by atoms with van der Waals surface area (Å²) in [5.41, 5.74) is 0.929. The number of allylic oxidation sites excluding steroid dienone is 1. The first-order valence-corrected chi connectivity index (χ1v) is 10.5. The van der Waals surface area contributed by atoms with Gasteiger partial charge in [0.1, 0.15) is 0 Å². The molecule has 0 spiro atoms. The highest BCUT2D eigenvalue weighted by Crippen LogP contribution is 2.38. The Balaban J connectivity index is 2.16. The zero-order valence-corrected chi connectivity index (χ0v) is 18.1. The molecule has 2 rings (SSSR count). The smallest absolute Gasteiger partial charge is 0.304 e. The third kappa shape index (κ3) is 6.30. The van der Waals surface area contributed by atoms with Gasteiger partial charge >= 0.3 is 5.97 Å². The van der Waals surface area contributed by atoms with Gasteiger partial charge in [0.25, 0.3) is 0 Å². The fraction of sp³-hybridized carbons (Fsp3) is 0.238. The molecule has 0 aliphatic rings. The number of ketones is 1. The van der Waals surface area contributed by atoms with Crippen LogP contribution in [0.2, 0.25) is 0 Å². The number of hydrogen-bond acceptors (Lipinski definition) is 7. The summed E-state index contributed by atoms with van der Waals surface area (Å²) < 4.78 is 42.3. The lowest BCUT2D eigenvalue weighted by atomic mass is 10.1. The number of hydrogen-bond donors (Lipinski definition) is 2. The van der Waals surface area contributed by atoms with Crippen molar-refractivity contribution in [1.29, 1.82) is 0 Å². The second-order valence-electron chi connectivity index (χ2n) is 6.22. The lowest BCUT2D eigenvalue weighted by Crippen LogP contribution is -2.26. The van der Waals surface area contributed by atoms with Crippen LogP contribution in [0.3, 0.4) is 0 Å². The van der Waals surface area contributed by atoms with Crippen LogP contribution >= 0.6 is 0 Å². The topological polar surface area (TPSA) is 128 Å². The van der Waals surface area contributed by atoms with E-state index in [2.05, 4.69) is 4.72 Å². The standard InChI is InChI=1S/C21H23NO8S/c1-28-18-12-14(13-19(29-2)21(18)30-3)4-9-17(23)15-5-7-16(8-6-15)31(26,27)22-11-10-20(24)25/h4-9,12-13,22H,10-11H2,1-3H3,(H,24,25)/b9-4+. The van der Waals surface area contributed by atoms with Crippen LogP contribution in [0.5, 0.6) is 17.2 Å². The number of nitrogens with one attached hydrogen (secondary N) is 1. The Morgan fingerprint density at radius 2 is 1.58 bits per heavy atom. The third-order valence-electron chi connectivity index (χ3n) is 4.19. The Kier molecular flexibility index (Phi) is 8.17. The number of carboxylic acids is 1. The predicted molar refractivity (Wildman–Crippen MR) is 113 cm³/mol. The third-order valence-corrected chi connectivity index (χ3v) is 5.67. The largest absolute Gasteiger partial charge is 0.493 e. The van der Waals surface area contributed by atoms with Crippen LogP contribution in [0.4, 0.5) is 0 Å². The number of aliphatic carboxylic acids is 1. The Morgan fingerprint density at radius 1 is 1.00 bits per heavy atom. The zero-order valence-electron chi connectivity index (χ0n) is 17.2. The summed E-state index contributed by atoms with van der Waals surface area (Å²) in [6, 6.07) is 8.70. The molecule has 0 aliphatic heterocycles. The number of sulfonamides is 1. The van der Waals surface area contributed by atoms with E-state index < -0.39 is 16.0 Å². The minimum atomic E-state index is -3.86. The molecule has 10 heteroatoms. The van der Waals surface area contributed by atoms with Gasteiger partial charge in [0.15, 0.2) is 17.3 Å². The van der Waals surface area contributed by atoms with Gasteiger partial charge in [-0.1, -0.05) is 6.08 Å². The lowest BCUT2D eigenvalue weighted by molar-refractivity contribution is -0.136. The second kappa shape index (κ2) is 10.6. The van der Waals surface area contributed by atoms with Crippen molar-refractivity contribution in [1.82, 2.24) is 4.72 Å². The minimum absolute atomic E-state index is 0.0666. The van der Waals surface area contributed by atoms with Gasteiger partial charge in [0.05, 0.1) is 32.6 Å². The van der Waals surface area contributed by atoms with Crippen molar-refractivity contribution in [2.45, 2.75) is 11.3 Å². The van der Waals surface area contributed by atoms with Crippen molar-refractivity contribution in [2.75, 3.05) is 27.9 Å². The van der Waals surface area contributed by atoms with Crippen LogP contribution in [0.1, 0.15) is 22.3 Å². The zero-order chi connectivity index (χ0) is 23.0. The van der Waals surface area contributed by atoms with Crippen molar-refractivity contribution in [3.8, 4) is 17.2 Å². The van der Waals surface area contributed by atoms with E-state index in [0.717, 1.165) is 0 Å². The Hall–Kier alpha value is -3.37. The normalized spacial score (nSPS) is 11.3. The first-order valence-electron chi connectivity index (χ1n) is 9.05. The van der Waals surface area contributed by atoms with Crippen LogP contribution in [0, 0.1) is 0 Å².